The van der Waals surface area contributed by atoms with E-state index in [2.05, 4.69) is 10.1 Å². The van der Waals surface area contributed by atoms with Crippen LogP contribution in [0.4, 0.5) is 10.5 Å². The monoisotopic (exact) mass is 292 g/mol. The Kier molecular flexibility index (Phi) is 4.80. The number of benzene rings is 1. The first kappa shape index (κ1) is 15.3. The average molecular weight is 292 g/mol. The van der Waals surface area contributed by atoms with Crippen LogP contribution in [0.15, 0.2) is 18.2 Å². The van der Waals surface area contributed by atoms with Crippen LogP contribution in [-0.2, 0) is 9.47 Å². The molecule has 6 heteroatoms. The van der Waals surface area contributed by atoms with Crippen molar-refractivity contribution in [2.75, 3.05) is 39.2 Å². The average Bonchev–Trinajstić information content (AvgIpc) is 2.43. The molecule has 1 aromatic rings. The van der Waals surface area contributed by atoms with Gasteiger partial charge in [0.15, 0.2) is 0 Å². The van der Waals surface area contributed by atoms with E-state index in [1.807, 2.05) is 6.92 Å². The highest BCUT2D eigenvalue weighted by Crippen LogP contribution is 2.21. The van der Waals surface area contributed by atoms with Gasteiger partial charge in [0, 0.05) is 31.8 Å². The molecule has 1 N–H and O–H groups in total. The number of methoxy groups -OCH3 is 2. The summed E-state index contributed by atoms with van der Waals surface area (Å²) in [5, 5.41) is 2.83. The van der Waals surface area contributed by atoms with E-state index in [4.69, 9.17) is 4.74 Å². The molecule has 21 heavy (non-hydrogen) atoms. The molecule has 1 aliphatic rings. The molecule has 2 rings (SSSR count). The van der Waals surface area contributed by atoms with Gasteiger partial charge in [0.1, 0.15) is 0 Å². The molecule has 0 bridgehead atoms. The van der Waals surface area contributed by atoms with Gasteiger partial charge in [0.05, 0.1) is 19.3 Å². The summed E-state index contributed by atoms with van der Waals surface area (Å²) in [7, 11) is 2.99. The van der Waals surface area contributed by atoms with Gasteiger partial charge < -0.3 is 19.7 Å². The maximum atomic E-state index is 12.1. The number of ether oxygens (including phenoxy) is 2. The van der Waals surface area contributed by atoms with Crippen LogP contribution in [0.3, 0.4) is 0 Å². The van der Waals surface area contributed by atoms with E-state index in [9.17, 15) is 9.59 Å². The van der Waals surface area contributed by atoms with Crippen molar-refractivity contribution in [3.8, 4) is 0 Å². The van der Waals surface area contributed by atoms with Gasteiger partial charge in [0.25, 0.3) is 0 Å². The summed E-state index contributed by atoms with van der Waals surface area (Å²) in [5.74, 6) is -0.0159. The summed E-state index contributed by atoms with van der Waals surface area (Å²) in [6.07, 6.45) is 0. The second-order valence-electron chi connectivity index (χ2n) is 5.18. The molecule has 1 aromatic carbocycles. The number of carbonyl (C=O) groups is 2. The number of hydrogen-bond acceptors (Lipinski definition) is 4. The second-order valence-corrected chi connectivity index (χ2v) is 5.18. The lowest BCUT2D eigenvalue weighted by Gasteiger charge is -2.38. The molecule has 0 aliphatic carbocycles. The third-order valence-electron chi connectivity index (χ3n) is 3.55. The molecule has 1 aliphatic heterocycles. The fourth-order valence-corrected chi connectivity index (χ4v) is 2.27. The van der Waals surface area contributed by atoms with E-state index in [0.29, 0.717) is 36.9 Å². The Hall–Kier alpha value is -2.08. The van der Waals surface area contributed by atoms with Crippen LogP contribution in [0, 0.1) is 12.8 Å². The van der Waals surface area contributed by atoms with Crippen molar-refractivity contribution in [3.63, 3.8) is 0 Å². The Morgan fingerprint density at radius 1 is 1.33 bits per heavy atom. The SMILES string of the molecule is COCC1CN(C(=O)Nc2cc(C(=O)OC)ccc2C)C1. The van der Waals surface area contributed by atoms with Crippen LogP contribution in [0.1, 0.15) is 15.9 Å². The number of likely N-dealkylation sites (tertiary alicyclic amines) is 1. The van der Waals surface area contributed by atoms with Crippen LogP contribution in [0.5, 0.6) is 0 Å². The molecule has 2 amide bonds. The normalized spacial score (nSPS) is 14.5. The molecule has 0 atom stereocenters. The number of anilines is 1. The first-order chi connectivity index (χ1) is 10.0. The van der Waals surface area contributed by atoms with Gasteiger partial charge in [-0.05, 0) is 24.6 Å². The molecular weight excluding hydrogens is 272 g/mol. The topological polar surface area (TPSA) is 67.9 Å². The van der Waals surface area contributed by atoms with Gasteiger partial charge >= 0.3 is 12.0 Å². The molecule has 1 heterocycles. The van der Waals surface area contributed by atoms with Crippen LogP contribution in [-0.4, -0.2) is 50.8 Å². The van der Waals surface area contributed by atoms with E-state index < -0.39 is 5.97 Å². The zero-order valence-electron chi connectivity index (χ0n) is 12.5. The van der Waals surface area contributed by atoms with E-state index in [0.717, 1.165) is 5.56 Å². The van der Waals surface area contributed by atoms with E-state index in [1.165, 1.54) is 7.11 Å². The molecular formula is C15H20N2O4. The van der Waals surface area contributed by atoms with Crippen LogP contribution in [0.2, 0.25) is 0 Å². The van der Waals surface area contributed by atoms with Gasteiger partial charge in [-0.25, -0.2) is 9.59 Å². The molecule has 0 aromatic heterocycles. The number of carbonyl (C=O) groups excluding carboxylic acids is 2. The summed E-state index contributed by atoms with van der Waals surface area (Å²) in [4.78, 5) is 25.3. The predicted molar refractivity (Wildman–Crippen MR) is 78.5 cm³/mol. The number of nitrogens with one attached hydrogen (secondary N) is 1. The Bertz CT molecular complexity index is 538. The number of nitrogens with zero attached hydrogens (tertiary/aromatic N) is 1. The Morgan fingerprint density at radius 2 is 2.05 bits per heavy atom. The van der Waals surface area contributed by atoms with Crippen molar-refractivity contribution >= 4 is 17.7 Å². The molecule has 1 saturated heterocycles. The number of hydrogen-bond donors (Lipinski definition) is 1. The first-order valence-electron chi connectivity index (χ1n) is 6.79. The van der Waals surface area contributed by atoms with Crippen molar-refractivity contribution in [2.45, 2.75) is 6.92 Å². The van der Waals surface area contributed by atoms with E-state index in [1.54, 1.807) is 30.2 Å². The Morgan fingerprint density at radius 3 is 2.67 bits per heavy atom. The minimum atomic E-state index is -0.422. The van der Waals surface area contributed by atoms with Crippen LogP contribution >= 0.6 is 0 Å². The largest absolute Gasteiger partial charge is 0.465 e. The molecule has 0 spiro atoms. The minimum Gasteiger partial charge on any atom is -0.465 e. The van der Waals surface area contributed by atoms with Gasteiger partial charge in [-0.2, -0.15) is 0 Å². The highest BCUT2D eigenvalue weighted by Gasteiger charge is 2.30. The summed E-state index contributed by atoms with van der Waals surface area (Å²) in [6.45, 7) is 3.92. The summed E-state index contributed by atoms with van der Waals surface area (Å²) in [5.41, 5.74) is 1.93. The van der Waals surface area contributed by atoms with Crippen LogP contribution in [0.25, 0.3) is 0 Å². The quantitative estimate of drug-likeness (QED) is 0.861. The summed E-state index contributed by atoms with van der Waals surface area (Å²) >= 11 is 0. The number of esters is 1. The van der Waals surface area contributed by atoms with Gasteiger partial charge in [-0.3, -0.25) is 0 Å². The number of amides is 2. The molecule has 1 fully saturated rings. The highest BCUT2D eigenvalue weighted by molar-refractivity contribution is 5.94. The number of aryl methyl sites for hydroxylation is 1. The fraction of sp³-hybridized carbons (Fsp3) is 0.467. The first-order valence-corrected chi connectivity index (χ1v) is 6.79. The van der Waals surface area contributed by atoms with Crippen molar-refractivity contribution in [2.24, 2.45) is 5.92 Å². The van der Waals surface area contributed by atoms with E-state index in [-0.39, 0.29) is 6.03 Å². The summed E-state index contributed by atoms with van der Waals surface area (Å²) < 4.78 is 9.74. The Labute approximate surface area is 124 Å². The fourth-order valence-electron chi connectivity index (χ4n) is 2.27. The van der Waals surface area contributed by atoms with Gasteiger partial charge in [-0.1, -0.05) is 6.07 Å². The smallest absolute Gasteiger partial charge is 0.337 e. The van der Waals surface area contributed by atoms with Crippen LogP contribution < -0.4 is 5.32 Å². The summed E-state index contributed by atoms with van der Waals surface area (Å²) in [6, 6.07) is 4.93. The molecule has 0 saturated carbocycles. The molecule has 114 valence electrons. The maximum absolute atomic E-state index is 12.1. The van der Waals surface area contributed by atoms with E-state index >= 15 is 0 Å². The third kappa shape index (κ3) is 3.52. The lowest BCUT2D eigenvalue weighted by Crippen LogP contribution is -2.53. The molecule has 6 nitrogen and oxygen atoms in total. The van der Waals surface area contributed by atoms with Crippen molar-refractivity contribution < 1.29 is 19.1 Å². The lowest BCUT2D eigenvalue weighted by atomic mass is 10.0. The number of urea groups is 1. The van der Waals surface area contributed by atoms with Crippen molar-refractivity contribution in [3.05, 3.63) is 29.3 Å². The predicted octanol–water partition coefficient (Wildman–Crippen LogP) is 1.89. The van der Waals surface area contributed by atoms with Crippen molar-refractivity contribution in [1.82, 2.24) is 4.90 Å². The minimum absolute atomic E-state index is 0.160. The standard InChI is InChI=1S/C15H20N2O4/c1-10-4-5-12(14(18)21-3)6-13(10)16-15(19)17-7-11(8-17)9-20-2/h4-6,11H,7-9H2,1-3H3,(H,16,19). The number of rotatable bonds is 4. The lowest BCUT2D eigenvalue weighted by molar-refractivity contribution is 0.0594. The van der Waals surface area contributed by atoms with Gasteiger partial charge in [0.2, 0.25) is 0 Å². The third-order valence-corrected chi connectivity index (χ3v) is 3.55. The zero-order valence-corrected chi connectivity index (χ0v) is 12.5. The highest BCUT2D eigenvalue weighted by atomic mass is 16.5. The molecule has 0 radical (unpaired) electrons. The van der Waals surface area contributed by atoms with Gasteiger partial charge in [-0.15, -0.1) is 0 Å². The second kappa shape index (κ2) is 6.58. The maximum Gasteiger partial charge on any atom is 0.337 e. The molecule has 0 unspecified atom stereocenters. The zero-order chi connectivity index (χ0) is 15.4. The Balaban J connectivity index is 1.99. The van der Waals surface area contributed by atoms with Crippen molar-refractivity contribution in [1.29, 1.82) is 0 Å².